The molecule has 8 nitrogen and oxygen atoms in total. The number of hydrogen-bond acceptors (Lipinski definition) is 9. The second-order valence-corrected chi connectivity index (χ2v) is 10.5. The number of ether oxygens (including phenoxy) is 2. The fraction of sp³-hybridized carbons (Fsp3) is 0.360. The molecule has 38 heavy (non-hydrogen) atoms. The molecular weight excluding hydrogens is 524 g/mol. The first-order chi connectivity index (χ1) is 18.2. The monoisotopic (exact) mass is 544 g/mol. The maximum Gasteiger partial charge on any atom is 0.317 e. The molecule has 1 unspecified atom stereocenters. The molecule has 1 saturated heterocycles. The highest BCUT2D eigenvalue weighted by Gasteiger charge is 2.39. The van der Waals surface area contributed by atoms with Gasteiger partial charge in [0.15, 0.2) is 11.6 Å². The van der Waals surface area contributed by atoms with Crippen molar-refractivity contribution in [2.24, 2.45) is 0 Å². The van der Waals surface area contributed by atoms with Crippen LogP contribution in [-0.2, 0) is 18.0 Å². The van der Waals surface area contributed by atoms with Crippen LogP contribution < -0.4 is 10.5 Å². The van der Waals surface area contributed by atoms with Crippen LogP contribution in [0.25, 0.3) is 32.2 Å². The second kappa shape index (κ2) is 9.00. The Morgan fingerprint density at radius 1 is 1.26 bits per heavy atom. The lowest BCUT2D eigenvalue weighted by Crippen LogP contribution is -2.47. The van der Waals surface area contributed by atoms with Gasteiger partial charge in [-0.05, 0) is 18.2 Å². The molecule has 0 spiro atoms. The summed E-state index contributed by atoms with van der Waals surface area (Å²) >= 11 is 0.888. The molecule has 3 aromatic heterocycles. The highest BCUT2D eigenvalue weighted by atomic mass is 32.1. The van der Waals surface area contributed by atoms with Gasteiger partial charge in [0.1, 0.15) is 23.2 Å². The normalized spacial score (nSPS) is 19.1. The Morgan fingerprint density at radius 3 is 2.84 bits per heavy atom. The smallest absolute Gasteiger partial charge is 0.317 e. The Morgan fingerprint density at radius 2 is 2.05 bits per heavy atom. The zero-order valence-electron chi connectivity index (χ0n) is 20.0. The summed E-state index contributed by atoms with van der Waals surface area (Å²) in [6.45, 7) is 0.354. The molecule has 2 aliphatic heterocycles. The molecule has 0 radical (unpaired) electrons. The minimum absolute atomic E-state index is 0.0132. The summed E-state index contributed by atoms with van der Waals surface area (Å²) in [5.41, 5.74) is 7.10. The lowest BCUT2D eigenvalue weighted by atomic mass is 9.94. The zero-order chi connectivity index (χ0) is 26.8. The first-order valence-electron chi connectivity index (χ1n) is 11.7. The van der Waals surface area contributed by atoms with E-state index in [9.17, 15) is 18.4 Å². The number of anilines is 1. The van der Waals surface area contributed by atoms with E-state index in [2.05, 4.69) is 15.0 Å². The standard InChI is InChI=1S/C25H20F4N6O2S/c1-35-3-2-25(28,29)4-11(35)8-37-24-33-6-13-14-9-36-10-15(14)17(19(27)20(13)34-24)21-18-12(5-30)23(31)38-22(18)16(26)7-32-21/h6-7,11H,2-4,8-10,31H2,1H3. The van der Waals surface area contributed by atoms with E-state index < -0.39 is 23.6 Å². The van der Waals surface area contributed by atoms with Crippen molar-refractivity contribution in [2.75, 3.05) is 25.9 Å². The Kier molecular flexibility index (Phi) is 5.86. The fourth-order valence-corrected chi connectivity index (χ4v) is 6.00. The molecule has 0 amide bonds. The number of likely N-dealkylation sites (N-methyl/N-ethyl adjacent to an activating group) is 1. The minimum atomic E-state index is -2.78. The number of hydrogen-bond donors (Lipinski definition) is 1. The van der Waals surface area contributed by atoms with Crippen LogP contribution in [0.2, 0.25) is 0 Å². The molecule has 6 rings (SSSR count). The molecule has 196 valence electrons. The molecule has 1 fully saturated rings. The van der Waals surface area contributed by atoms with E-state index in [-0.39, 0.29) is 82.6 Å². The number of benzene rings is 1. The van der Waals surface area contributed by atoms with Crippen LogP contribution in [0.4, 0.5) is 22.6 Å². The van der Waals surface area contributed by atoms with Gasteiger partial charge in [-0.15, -0.1) is 11.3 Å². The Labute approximate surface area is 217 Å². The van der Waals surface area contributed by atoms with E-state index in [0.717, 1.165) is 17.5 Å². The zero-order valence-corrected chi connectivity index (χ0v) is 20.8. The van der Waals surface area contributed by atoms with Gasteiger partial charge in [0.25, 0.3) is 5.92 Å². The van der Waals surface area contributed by atoms with Gasteiger partial charge in [0, 0.05) is 48.0 Å². The van der Waals surface area contributed by atoms with Gasteiger partial charge in [-0.3, -0.25) is 9.88 Å². The van der Waals surface area contributed by atoms with E-state index in [4.69, 9.17) is 15.2 Å². The third kappa shape index (κ3) is 3.91. The quantitative estimate of drug-likeness (QED) is 0.366. The lowest BCUT2D eigenvalue weighted by Gasteiger charge is -2.36. The third-order valence-corrected chi connectivity index (χ3v) is 8.14. The Hall–Kier alpha value is -3.60. The summed E-state index contributed by atoms with van der Waals surface area (Å²) in [6.07, 6.45) is 1.79. The average molecular weight is 545 g/mol. The van der Waals surface area contributed by atoms with Crippen molar-refractivity contribution in [2.45, 2.75) is 38.0 Å². The number of nitrogens with two attached hydrogens (primary N) is 1. The van der Waals surface area contributed by atoms with Crippen LogP contribution in [0.15, 0.2) is 12.4 Å². The first-order valence-corrected chi connectivity index (χ1v) is 12.6. The van der Waals surface area contributed by atoms with E-state index in [1.807, 2.05) is 6.07 Å². The Balaban J connectivity index is 1.47. The van der Waals surface area contributed by atoms with Crippen LogP contribution >= 0.6 is 11.3 Å². The summed E-state index contributed by atoms with van der Waals surface area (Å²) in [7, 11) is 1.74. The molecule has 2 N–H and O–H groups in total. The summed E-state index contributed by atoms with van der Waals surface area (Å²) in [6, 6.07) is 1.24. The van der Waals surface area contributed by atoms with Gasteiger partial charge in [-0.1, -0.05) is 0 Å². The van der Waals surface area contributed by atoms with Gasteiger partial charge < -0.3 is 15.2 Å². The van der Waals surface area contributed by atoms with Crippen molar-refractivity contribution in [3.05, 3.63) is 40.7 Å². The molecule has 1 aromatic carbocycles. The number of alkyl halides is 2. The number of pyridine rings is 1. The van der Waals surface area contributed by atoms with Crippen LogP contribution in [0, 0.1) is 23.0 Å². The maximum atomic E-state index is 16.3. The van der Waals surface area contributed by atoms with Crippen LogP contribution in [0.3, 0.4) is 0 Å². The SMILES string of the molecule is CN1CCC(F)(F)CC1COc1ncc2c3c(c(-c4ncc(F)c5sc(N)c(C#N)c45)c(F)c2n1)COC3. The fourth-order valence-electron chi connectivity index (χ4n) is 5.08. The van der Waals surface area contributed by atoms with Gasteiger partial charge in [0.2, 0.25) is 0 Å². The molecule has 0 aliphatic carbocycles. The van der Waals surface area contributed by atoms with E-state index in [0.29, 0.717) is 16.5 Å². The number of rotatable bonds is 4. The molecule has 0 bridgehead atoms. The number of nitrogens with zero attached hydrogens (tertiary/aromatic N) is 5. The summed E-state index contributed by atoms with van der Waals surface area (Å²) in [4.78, 5) is 14.4. The predicted molar refractivity (Wildman–Crippen MR) is 132 cm³/mol. The van der Waals surface area contributed by atoms with Crippen molar-refractivity contribution >= 4 is 37.3 Å². The molecule has 2 aliphatic rings. The van der Waals surface area contributed by atoms with Crippen molar-refractivity contribution in [1.82, 2.24) is 19.9 Å². The molecular formula is C25H20F4N6O2S. The largest absolute Gasteiger partial charge is 0.462 e. The number of thiophene rings is 1. The van der Waals surface area contributed by atoms with Gasteiger partial charge in [0.05, 0.1) is 35.4 Å². The van der Waals surface area contributed by atoms with E-state index in [1.165, 1.54) is 6.20 Å². The number of nitriles is 1. The maximum absolute atomic E-state index is 16.3. The number of halogens is 4. The average Bonchev–Trinajstić information content (AvgIpc) is 3.50. The van der Waals surface area contributed by atoms with Crippen molar-refractivity contribution in [3.63, 3.8) is 0 Å². The van der Waals surface area contributed by atoms with Crippen LogP contribution in [0.5, 0.6) is 6.01 Å². The molecule has 13 heteroatoms. The number of nitrogen functional groups attached to an aromatic ring is 1. The first kappa shape index (κ1) is 24.7. The molecule has 0 saturated carbocycles. The van der Waals surface area contributed by atoms with Crippen molar-refractivity contribution in [1.29, 1.82) is 5.26 Å². The molecule has 1 atom stereocenters. The lowest BCUT2D eigenvalue weighted by molar-refractivity contribution is -0.0795. The molecule has 5 heterocycles. The highest BCUT2D eigenvalue weighted by molar-refractivity contribution is 7.23. The van der Waals surface area contributed by atoms with Gasteiger partial charge >= 0.3 is 6.01 Å². The van der Waals surface area contributed by atoms with Crippen molar-refractivity contribution in [3.8, 4) is 23.3 Å². The summed E-state index contributed by atoms with van der Waals surface area (Å²) in [5.74, 6) is -4.23. The van der Waals surface area contributed by atoms with Gasteiger partial charge in [-0.25, -0.2) is 22.5 Å². The summed E-state index contributed by atoms with van der Waals surface area (Å²) < 4.78 is 70.0. The second-order valence-electron chi connectivity index (χ2n) is 9.42. The highest BCUT2D eigenvalue weighted by Crippen LogP contribution is 2.45. The molecule has 4 aromatic rings. The third-order valence-electron chi connectivity index (χ3n) is 7.12. The van der Waals surface area contributed by atoms with Crippen molar-refractivity contribution < 1.29 is 27.0 Å². The minimum Gasteiger partial charge on any atom is -0.462 e. The van der Waals surface area contributed by atoms with Crippen LogP contribution in [0.1, 0.15) is 29.5 Å². The number of fused-ring (bicyclic) bond motifs is 4. The topological polar surface area (TPSA) is 110 Å². The van der Waals surface area contributed by atoms with E-state index >= 15 is 4.39 Å². The number of aromatic nitrogens is 3. The van der Waals surface area contributed by atoms with Crippen LogP contribution in [-0.4, -0.2) is 52.0 Å². The Bertz CT molecular complexity index is 1650. The van der Waals surface area contributed by atoms with E-state index in [1.54, 1.807) is 11.9 Å². The summed E-state index contributed by atoms with van der Waals surface area (Å²) in [5, 5.41) is 10.3. The van der Waals surface area contributed by atoms with Gasteiger partial charge in [-0.2, -0.15) is 10.2 Å². The predicted octanol–water partition coefficient (Wildman–Crippen LogP) is 4.78. The number of piperidine rings is 1. The number of likely N-dealkylation sites (tertiary alicyclic amines) is 1.